The molecule has 2 rings (SSSR count). The number of halogens is 2. The van der Waals surface area contributed by atoms with E-state index in [-0.39, 0.29) is 31.2 Å². The van der Waals surface area contributed by atoms with Gasteiger partial charge in [0.15, 0.2) is 21.5 Å². The number of hydrogen-bond donors (Lipinski definition) is 0. The third-order valence-electron chi connectivity index (χ3n) is 3.54. The predicted octanol–water partition coefficient (Wildman–Crippen LogP) is 2.37. The van der Waals surface area contributed by atoms with Crippen molar-refractivity contribution in [3.63, 3.8) is 0 Å². The molecule has 0 bridgehead atoms. The van der Waals surface area contributed by atoms with E-state index in [9.17, 15) is 22.0 Å². The number of carbonyl (C=O) groups excluding carboxylic acids is 1. The summed E-state index contributed by atoms with van der Waals surface area (Å²) in [5.74, 6) is -2.38. The van der Waals surface area contributed by atoms with E-state index in [1.54, 1.807) is 20.8 Å². The lowest BCUT2D eigenvalue weighted by Gasteiger charge is -2.27. The Hall–Kier alpha value is -1.74. The van der Waals surface area contributed by atoms with Crippen molar-refractivity contribution in [1.29, 1.82) is 0 Å². The molecule has 0 aromatic heterocycles. The van der Waals surface area contributed by atoms with Crippen LogP contribution in [0.15, 0.2) is 23.1 Å². The maximum absolute atomic E-state index is 13.4. The Kier molecular flexibility index (Phi) is 5.68. The Balaban J connectivity index is 2.24. The fraction of sp³-hybridized carbons (Fsp3) is 0.562. The molecule has 1 aliphatic heterocycles. The van der Waals surface area contributed by atoms with Crippen LogP contribution in [0.5, 0.6) is 0 Å². The molecule has 0 spiro atoms. The normalized spacial score (nSPS) is 19.4. The fourth-order valence-electron chi connectivity index (χ4n) is 2.31. The van der Waals surface area contributed by atoms with E-state index in [1.807, 2.05) is 0 Å². The molecular weight excluding hydrogens is 356 g/mol. The SMILES string of the molecule is CC(C)(C)OC(=O)N1CCOC[C@H](S(=O)(=O)c2ccc(F)c(F)c2)C1. The molecule has 9 heteroatoms. The minimum atomic E-state index is -4.02. The van der Waals surface area contributed by atoms with Crippen molar-refractivity contribution in [3.8, 4) is 0 Å². The van der Waals surface area contributed by atoms with Gasteiger partial charge in [0, 0.05) is 13.1 Å². The first-order valence-electron chi connectivity index (χ1n) is 7.75. The van der Waals surface area contributed by atoms with Gasteiger partial charge in [-0.2, -0.15) is 0 Å². The first-order chi connectivity index (χ1) is 11.5. The summed E-state index contributed by atoms with van der Waals surface area (Å²) in [6.45, 7) is 5.14. The van der Waals surface area contributed by atoms with Crippen LogP contribution in [-0.2, 0) is 19.3 Å². The number of ether oxygens (including phenoxy) is 2. The van der Waals surface area contributed by atoms with Crippen molar-refractivity contribution in [2.75, 3.05) is 26.3 Å². The van der Waals surface area contributed by atoms with E-state index in [2.05, 4.69) is 0 Å². The molecule has 0 saturated carbocycles. The summed E-state index contributed by atoms with van der Waals surface area (Å²) in [5.41, 5.74) is -0.724. The Morgan fingerprint density at radius 1 is 1.28 bits per heavy atom. The smallest absolute Gasteiger partial charge is 0.410 e. The third-order valence-corrected chi connectivity index (χ3v) is 5.62. The van der Waals surface area contributed by atoms with Crippen molar-refractivity contribution >= 4 is 15.9 Å². The molecule has 1 saturated heterocycles. The van der Waals surface area contributed by atoms with E-state index < -0.39 is 38.4 Å². The molecular formula is C16H21F2NO5S. The average molecular weight is 377 g/mol. The zero-order chi connectivity index (χ0) is 18.8. The lowest BCUT2D eigenvalue weighted by atomic mass is 10.2. The monoisotopic (exact) mass is 377 g/mol. The van der Waals surface area contributed by atoms with Crippen LogP contribution in [0, 0.1) is 11.6 Å². The van der Waals surface area contributed by atoms with Gasteiger partial charge in [0.1, 0.15) is 10.9 Å². The summed E-state index contributed by atoms with van der Waals surface area (Å²) in [5, 5.41) is -1.10. The van der Waals surface area contributed by atoms with E-state index in [4.69, 9.17) is 9.47 Å². The average Bonchev–Trinajstić information content (AvgIpc) is 2.74. The molecule has 140 valence electrons. The molecule has 1 aromatic rings. The topological polar surface area (TPSA) is 72.9 Å². The summed E-state index contributed by atoms with van der Waals surface area (Å²) in [6, 6.07) is 2.38. The highest BCUT2D eigenvalue weighted by Crippen LogP contribution is 2.22. The lowest BCUT2D eigenvalue weighted by Crippen LogP contribution is -2.43. The highest BCUT2D eigenvalue weighted by molar-refractivity contribution is 7.92. The Morgan fingerprint density at radius 3 is 2.56 bits per heavy atom. The number of carbonyl (C=O) groups is 1. The van der Waals surface area contributed by atoms with Crippen molar-refractivity contribution < 1.29 is 31.5 Å². The zero-order valence-corrected chi connectivity index (χ0v) is 15.1. The number of nitrogens with zero attached hydrogens (tertiary/aromatic N) is 1. The van der Waals surface area contributed by atoms with Gasteiger partial charge in [0.25, 0.3) is 0 Å². The molecule has 1 heterocycles. The molecule has 1 aromatic carbocycles. The van der Waals surface area contributed by atoms with Crippen molar-refractivity contribution in [2.45, 2.75) is 36.5 Å². The van der Waals surface area contributed by atoms with Crippen LogP contribution < -0.4 is 0 Å². The maximum atomic E-state index is 13.4. The highest BCUT2D eigenvalue weighted by atomic mass is 32.2. The maximum Gasteiger partial charge on any atom is 0.410 e. The zero-order valence-electron chi connectivity index (χ0n) is 14.3. The number of amides is 1. The van der Waals surface area contributed by atoms with E-state index >= 15 is 0 Å². The number of rotatable bonds is 2. The van der Waals surface area contributed by atoms with Gasteiger partial charge >= 0.3 is 6.09 Å². The van der Waals surface area contributed by atoms with Gasteiger partial charge in [0.05, 0.1) is 18.1 Å². The highest BCUT2D eigenvalue weighted by Gasteiger charge is 2.35. The fourth-order valence-corrected chi connectivity index (χ4v) is 3.87. The molecule has 0 unspecified atom stereocenters. The van der Waals surface area contributed by atoms with Crippen LogP contribution in [0.1, 0.15) is 20.8 Å². The van der Waals surface area contributed by atoms with Crippen molar-refractivity contribution in [1.82, 2.24) is 4.90 Å². The quantitative estimate of drug-likeness (QED) is 0.740. The number of sulfone groups is 1. The second-order valence-electron chi connectivity index (χ2n) is 6.74. The summed E-state index contributed by atoms with van der Waals surface area (Å²) in [6.07, 6.45) is -0.650. The van der Waals surface area contributed by atoms with Crippen molar-refractivity contribution in [3.05, 3.63) is 29.8 Å². The van der Waals surface area contributed by atoms with Gasteiger partial charge in [-0.3, -0.25) is 0 Å². The minimum absolute atomic E-state index is 0.152. The van der Waals surface area contributed by atoms with Crippen LogP contribution in [0.2, 0.25) is 0 Å². The second kappa shape index (κ2) is 7.25. The first-order valence-corrected chi connectivity index (χ1v) is 9.30. The van der Waals surface area contributed by atoms with E-state index in [0.717, 1.165) is 12.1 Å². The molecule has 1 aliphatic rings. The van der Waals surface area contributed by atoms with Crippen LogP contribution in [0.25, 0.3) is 0 Å². The van der Waals surface area contributed by atoms with Gasteiger partial charge in [-0.1, -0.05) is 0 Å². The number of benzene rings is 1. The summed E-state index contributed by atoms with van der Waals surface area (Å²) in [4.78, 5) is 13.1. The first kappa shape index (κ1) is 19.6. The van der Waals surface area contributed by atoms with E-state index in [0.29, 0.717) is 6.07 Å². The summed E-state index contributed by atoms with van der Waals surface area (Å²) >= 11 is 0. The molecule has 25 heavy (non-hydrogen) atoms. The van der Waals surface area contributed by atoms with Crippen LogP contribution >= 0.6 is 0 Å². The Labute approximate surface area is 145 Å². The Bertz CT molecular complexity index is 745. The Morgan fingerprint density at radius 2 is 1.96 bits per heavy atom. The van der Waals surface area contributed by atoms with Gasteiger partial charge in [-0.15, -0.1) is 0 Å². The van der Waals surface area contributed by atoms with Gasteiger partial charge in [0.2, 0.25) is 0 Å². The largest absolute Gasteiger partial charge is 0.444 e. The molecule has 0 radical (unpaired) electrons. The van der Waals surface area contributed by atoms with Crippen LogP contribution in [0.3, 0.4) is 0 Å². The minimum Gasteiger partial charge on any atom is -0.444 e. The molecule has 0 N–H and O–H groups in total. The predicted molar refractivity (Wildman–Crippen MR) is 86.0 cm³/mol. The third kappa shape index (κ3) is 4.88. The van der Waals surface area contributed by atoms with Gasteiger partial charge in [-0.05, 0) is 39.0 Å². The van der Waals surface area contributed by atoms with Crippen LogP contribution in [0.4, 0.5) is 13.6 Å². The molecule has 1 fully saturated rings. The van der Waals surface area contributed by atoms with Gasteiger partial charge < -0.3 is 14.4 Å². The van der Waals surface area contributed by atoms with Crippen molar-refractivity contribution in [2.24, 2.45) is 0 Å². The summed E-state index contributed by atoms with van der Waals surface area (Å²) < 4.78 is 62.4. The van der Waals surface area contributed by atoms with Gasteiger partial charge in [-0.25, -0.2) is 22.0 Å². The summed E-state index contributed by atoms with van der Waals surface area (Å²) in [7, 11) is -4.02. The standard InChI is InChI=1S/C16H21F2NO5S/c1-16(2,3)24-15(20)19-6-7-23-10-12(9-19)25(21,22)11-4-5-13(17)14(18)8-11/h4-5,8,12H,6-7,9-10H2,1-3H3/t12-/m1/s1. The molecule has 0 aliphatic carbocycles. The van der Waals surface area contributed by atoms with Crippen LogP contribution in [-0.4, -0.2) is 56.6 Å². The van der Waals surface area contributed by atoms with E-state index in [1.165, 1.54) is 4.90 Å². The number of hydrogen-bond acceptors (Lipinski definition) is 5. The molecule has 6 nitrogen and oxygen atoms in total. The molecule has 1 amide bonds. The lowest BCUT2D eigenvalue weighted by molar-refractivity contribution is 0.0244. The second-order valence-corrected chi connectivity index (χ2v) is 8.97. The molecule has 1 atom stereocenters.